The molecule has 1 aromatic carbocycles. The van der Waals surface area contributed by atoms with Crippen LogP contribution in [0.1, 0.15) is 30.1 Å². The van der Waals surface area contributed by atoms with Crippen LogP contribution in [0, 0.1) is 12.3 Å². The normalized spacial score (nSPS) is 11.1. The van der Waals surface area contributed by atoms with Crippen molar-refractivity contribution >= 4 is 17.7 Å². The fourth-order valence-corrected chi connectivity index (χ4v) is 1.72. The standard InChI is InChI=1S/C15H18N2O4/c1-4-6-10(5-2)16-15(20)17-13-8-7-11(21-3)9-12(13)14(18)19/h1,7-10H,5-6H2,2-3H3,(H,18,19)(H2,16,17,20). The highest BCUT2D eigenvalue weighted by Gasteiger charge is 2.15. The van der Waals surface area contributed by atoms with Gasteiger partial charge in [-0.15, -0.1) is 12.3 Å². The summed E-state index contributed by atoms with van der Waals surface area (Å²) in [5, 5.41) is 14.4. The summed E-state index contributed by atoms with van der Waals surface area (Å²) in [6, 6.07) is 3.74. The summed E-state index contributed by atoms with van der Waals surface area (Å²) in [7, 11) is 1.44. The number of carbonyl (C=O) groups is 2. The molecule has 6 nitrogen and oxygen atoms in total. The zero-order valence-corrected chi connectivity index (χ0v) is 12.0. The van der Waals surface area contributed by atoms with Crippen LogP contribution in [0.25, 0.3) is 0 Å². The van der Waals surface area contributed by atoms with E-state index in [1.54, 1.807) is 6.07 Å². The summed E-state index contributed by atoms with van der Waals surface area (Å²) >= 11 is 0. The summed E-state index contributed by atoms with van der Waals surface area (Å²) < 4.78 is 4.97. The Morgan fingerprint density at radius 2 is 2.19 bits per heavy atom. The number of carbonyl (C=O) groups excluding carboxylic acids is 1. The lowest BCUT2D eigenvalue weighted by Gasteiger charge is -2.16. The maximum absolute atomic E-state index is 11.9. The van der Waals surface area contributed by atoms with Crippen molar-refractivity contribution in [1.82, 2.24) is 5.32 Å². The number of hydrogen-bond acceptors (Lipinski definition) is 3. The highest BCUT2D eigenvalue weighted by molar-refractivity contribution is 6.00. The number of aromatic carboxylic acids is 1. The van der Waals surface area contributed by atoms with E-state index >= 15 is 0 Å². The van der Waals surface area contributed by atoms with Gasteiger partial charge in [0.15, 0.2) is 0 Å². The third kappa shape index (κ3) is 4.73. The molecule has 6 heteroatoms. The molecule has 0 aliphatic carbocycles. The molecule has 0 saturated heterocycles. The lowest BCUT2D eigenvalue weighted by atomic mass is 10.1. The Labute approximate surface area is 123 Å². The number of anilines is 1. The molecular formula is C15H18N2O4. The van der Waals surface area contributed by atoms with Gasteiger partial charge >= 0.3 is 12.0 Å². The Kier molecular flexibility index (Phi) is 6.08. The lowest BCUT2D eigenvalue weighted by molar-refractivity contribution is 0.0697. The predicted octanol–water partition coefficient (Wildman–Crippen LogP) is 2.32. The number of methoxy groups -OCH3 is 1. The number of urea groups is 1. The second kappa shape index (κ2) is 7.80. The zero-order chi connectivity index (χ0) is 15.8. The van der Waals surface area contributed by atoms with Gasteiger partial charge in [0.2, 0.25) is 0 Å². The van der Waals surface area contributed by atoms with Gasteiger partial charge in [0, 0.05) is 12.5 Å². The van der Waals surface area contributed by atoms with Crippen LogP contribution in [-0.4, -0.2) is 30.3 Å². The van der Waals surface area contributed by atoms with Gasteiger partial charge in [0.05, 0.1) is 18.4 Å². The van der Waals surface area contributed by atoms with Crippen molar-refractivity contribution in [3.63, 3.8) is 0 Å². The SMILES string of the molecule is C#CCC(CC)NC(=O)Nc1ccc(OC)cc1C(=O)O. The minimum Gasteiger partial charge on any atom is -0.497 e. The molecule has 0 aliphatic rings. The van der Waals surface area contributed by atoms with Crippen molar-refractivity contribution in [2.75, 3.05) is 12.4 Å². The van der Waals surface area contributed by atoms with Crippen molar-refractivity contribution < 1.29 is 19.4 Å². The van der Waals surface area contributed by atoms with Gasteiger partial charge < -0.3 is 20.5 Å². The monoisotopic (exact) mass is 290 g/mol. The van der Waals surface area contributed by atoms with Crippen LogP contribution in [-0.2, 0) is 0 Å². The molecular weight excluding hydrogens is 272 g/mol. The van der Waals surface area contributed by atoms with E-state index in [0.717, 1.165) is 0 Å². The van der Waals surface area contributed by atoms with Gasteiger partial charge in [-0.3, -0.25) is 0 Å². The maximum atomic E-state index is 11.9. The molecule has 0 aromatic heterocycles. The molecule has 0 saturated carbocycles. The first-order chi connectivity index (χ1) is 10.0. The average Bonchev–Trinajstić information content (AvgIpc) is 2.46. The second-order valence-corrected chi connectivity index (χ2v) is 4.33. The molecule has 0 spiro atoms. The van der Waals surface area contributed by atoms with E-state index in [2.05, 4.69) is 16.6 Å². The molecule has 0 bridgehead atoms. The van der Waals surface area contributed by atoms with Crippen LogP contribution in [0.4, 0.5) is 10.5 Å². The number of carboxylic acid groups (broad SMARTS) is 1. The molecule has 112 valence electrons. The Morgan fingerprint density at radius 1 is 1.48 bits per heavy atom. The van der Waals surface area contributed by atoms with E-state index in [-0.39, 0.29) is 17.3 Å². The van der Waals surface area contributed by atoms with Crippen molar-refractivity contribution in [3.05, 3.63) is 23.8 Å². The third-order valence-corrected chi connectivity index (χ3v) is 2.90. The molecule has 0 fully saturated rings. The van der Waals surface area contributed by atoms with E-state index in [9.17, 15) is 9.59 Å². The van der Waals surface area contributed by atoms with Gasteiger partial charge in [0.25, 0.3) is 0 Å². The first-order valence-electron chi connectivity index (χ1n) is 6.44. The van der Waals surface area contributed by atoms with Gasteiger partial charge in [-0.1, -0.05) is 6.92 Å². The van der Waals surface area contributed by atoms with Crippen LogP contribution in [0.3, 0.4) is 0 Å². The average molecular weight is 290 g/mol. The molecule has 1 unspecified atom stereocenters. The van der Waals surface area contributed by atoms with Gasteiger partial charge in [-0.05, 0) is 24.6 Å². The number of ether oxygens (including phenoxy) is 1. The van der Waals surface area contributed by atoms with Gasteiger partial charge in [0.1, 0.15) is 5.75 Å². The highest BCUT2D eigenvalue weighted by Crippen LogP contribution is 2.22. The number of rotatable bonds is 6. The molecule has 1 atom stereocenters. The van der Waals surface area contributed by atoms with Crippen LogP contribution in [0.5, 0.6) is 5.75 Å². The molecule has 1 rings (SSSR count). The number of benzene rings is 1. The first-order valence-corrected chi connectivity index (χ1v) is 6.44. The number of terminal acetylenes is 1. The summed E-state index contributed by atoms with van der Waals surface area (Å²) in [5.41, 5.74) is 0.144. The fourth-order valence-electron chi connectivity index (χ4n) is 1.72. The summed E-state index contributed by atoms with van der Waals surface area (Å²) in [6.45, 7) is 1.90. The Morgan fingerprint density at radius 3 is 2.71 bits per heavy atom. The number of nitrogens with one attached hydrogen (secondary N) is 2. The van der Waals surface area contributed by atoms with Crippen molar-refractivity contribution in [3.8, 4) is 18.1 Å². The largest absolute Gasteiger partial charge is 0.497 e. The van der Waals surface area contributed by atoms with Crippen molar-refractivity contribution in [2.45, 2.75) is 25.8 Å². The van der Waals surface area contributed by atoms with Crippen molar-refractivity contribution in [1.29, 1.82) is 0 Å². The molecule has 1 aromatic rings. The zero-order valence-electron chi connectivity index (χ0n) is 12.0. The van der Waals surface area contributed by atoms with Gasteiger partial charge in [-0.25, -0.2) is 9.59 Å². The van der Waals surface area contributed by atoms with E-state index in [1.807, 2.05) is 6.92 Å². The maximum Gasteiger partial charge on any atom is 0.337 e. The van der Waals surface area contributed by atoms with Crippen LogP contribution in [0.2, 0.25) is 0 Å². The van der Waals surface area contributed by atoms with E-state index in [4.69, 9.17) is 16.3 Å². The topological polar surface area (TPSA) is 87.7 Å². The van der Waals surface area contributed by atoms with Crippen LogP contribution >= 0.6 is 0 Å². The number of carboxylic acids is 1. The molecule has 0 radical (unpaired) electrons. The van der Waals surface area contributed by atoms with E-state index in [0.29, 0.717) is 18.6 Å². The van der Waals surface area contributed by atoms with Crippen LogP contribution < -0.4 is 15.4 Å². The first kappa shape index (κ1) is 16.4. The van der Waals surface area contributed by atoms with Gasteiger partial charge in [-0.2, -0.15) is 0 Å². The minimum absolute atomic E-state index is 0.0468. The summed E-state index contributed by atoms with van der Waals surface area (Å²) in [5.74, 6) is 1.73. The molecule has 21 heavy (non-hydrogen) atoms. The Balaban J connectivity index is 2.85. The van der Waals surface area contributed by atoms with E-state index in [1.165, 1.54) is 19.2 Å². The molecule has 0 aliphatic heterocycles. The van der Waals surface area contributed by atoms with Crippen molar-refractivity contribution in [2.24, 2.45) is 0 Å². The number of amides is 2. The molecule has 3 N–H and O–H groups in total. The minimum atomic E-state index is -1.15. The molecule has 0 heterocycles. The second-order valence-electron chi connectivity index (χ2n) is 4.33. The summed E-state index contributed by atoms with van der Waals surface area (Å²) in [4.78, 5) is 23.1. The third-order valence-electron chi connectivity index (χ3n) is 2.90. The smallest absolute Gasteiger partial charge is 0.337 e. The Hall–Kier alpha value is -2.68. The lowest BCUT2D eigenvalue weighted by Crippen LogP contribution is -2.37. The fraction of sp³-hybridized carbons (Fsp3) is 0.333. The Bertz CT molecular complexity index is 563. The predicted molar refractivity (Wildman–Crippen MR) is 79.6 cm³/mol. The highest BCUT2D eigenvalue weighted by atomic mass is 16.5. The quantitative estimate of drug-likeness (QED) is 0.702. The van der Waals surface area contributed by atoms with Crippen LogP contribution in [0.15, 0.2) is 18.2 Å². The number of hydrogen-bond donors (Lipinski definition) is 3. The molecule has 2 amide bonds. The van der Waals surface area contributed by atoms with E-state index < -0.39 is 12.0 Å². The summed E-state index contributed by atoms with van der Waals surface area (Å²) in [6.07, 6.45) is 6.32.